The lowest BCUT2D eigenvalue weighted by atomic mass is 10.2. The van der Waals surface area contributed by atoms with Gasteiger partial charge >= 0.3 is 0 Å². The third-order valence-electron chi connectivity index (χ3n) is 3.42. The van der Waals surface area contributed by atoms with E-state index >= 15 is 0 Å². The van der Waals surface area contributed by atoms with E-state index in [-0.39, 0.29) is 0 Å². The van der Waals surface area contributed by atoms with Crippen LogP contribution in [0.15, 0.2) is 29.3 Å². The molecule has 1 heterocycles. The number of methoxy groups -OCH3 is 1. The largest absolute Gasteiger partial charge is 0.497 e. The summed E-state index contributed by atoms with van der Waals surface area (Å²) in [6, 6.07) is 8.05. The van der Waals surface area contributed by atoms with E-state index in [9.17, 15) is 0 Å². The van der Waals surface area contributed by atoms with Crippen LogP contribution in [-0.2, 0) is 6.54 Å². The summed E-state index contributed by atoms with van der Waals surface area (Å²) in [5.41, 5.74) is 1.15. The number of guanidine groups is 1. The minimum atomic E-state index is 0.657. The normalized spacial score (nSPS) is 18.6. The fraction of sp³-hybridized carbons (Fsp3) is 0.562. The van der Waals surface area contributed by atoms with E-state index in [2.05, 4.69) is 40.4 Å². The Hall–Kier alpha value is -1.36. The van der Waals surface area contributed by atoms with Crippen molar-refractivity contribution >= 4 is 17.7 Å². The second-order valence-corrected chi connectivity index (χ2v) is 6.47. The highest BCUT2D eigenvalue weighted by Crippen LogP contribution is 2.25. The topological polar surface area (TPSA) is 45.7 Å². The minimum Gasteiger partial charge on any atom is -0.497 e. The zero-order valence-corrected chi connectivity index (χ0v) is 13.7. The number of benzene rings is 1. The van der Waals surface area contributed by atoms with E-state index in [0.717, 1.165) is 35.6 Å². The molecule has 0 spiro atoms. The van der Waals surface area contributed by atoms with E-state index in [1.54, 1.807) is 7.11 Å². The molecule has 0 aromatic heterocycles. The number of rotatable bonds is 6. The zero-order chi connectivity index (χ0) is 14.9. The molecule has 1 aliphatic rings. The summed E-state index contributed by atoms with van der Waals surface area (Å²) in [6.07, 6.45) is 2.65. The van der Waals surface area contributed by atoms with Gasteiger partial charge in [0.15, 0.2) is 5.96 Å². The predicted octanol–water partition coefficient (Wildman–Crippen LogP) is 2.65. The standard InChI is InChI=1S/C16H25N3OS/c1-3-17-16(19-12-15-8-5-9-21-15)18-11-13-6-4-7-14(10-13)20-2/h4,6-7,10,15H,3,5,8-9,11-12H2,1-2H3,(H2,17,18,19). The lowest BCUT2D eigenvalue weighted by Gasteiger charge is -2.14. The fourth-order valence-corrected chi connectivity index (χ4v) is 3.50. The summed E-state index contributed by atoms with van der Waals surface area (Å²) < 4.78 is 5.24. The third kappa shape index (κ3) is 5.50. The Kier molecular flexibility index (Phi) is 6.73. The molecule has 0 amide bonds. The van der Waals surface area contributed by atoms with E-state index < -0.39 is 0 Å². The molecule has 0 aliphatic carbocycles. The fourth-order valence-electron chi connectivity index (χ4n) is 2.30. The average molecular weight is 307 g/mol. The van der Waals surface area contributed by atoms with Gasteiger partial charge in [0.2, 0.25) is 0 Å². The molecule has 0 bridgehead atoms. The summed E-state index contributed by atoms with van der Waals surface area (Å²) >= 11 is 2.06. The van der Waals surface area contributed by atoms with Gasteiger partial charge in [-0.1, -0.05) is 12.1 Å². The van der Waals surface area contributed by atoms with Gasteiger partial charge in [0.05, 0.1) is 13.7 Å². The molecule has 116 valence electrons. The molecule has 1 aromatic carbocycles. The van der Waals surface area contributed by atoms with E-state index in [0.29, 0.717) is 6.54 Å². The maximum Gasteiger partial charge on any atom is 0.191 e. The number of ether oxygens (including phenoxy) is 1. The van der Waals surface area contributed by atoms with Crippen molar-refractivity contribution in [3.8, 4) is 5.75 Å². The summed E-state index contributed by atoms with van der Waals surface area (Å²) in [5, 5.41) is 7.48. The van der Waals surface area contributed by atoms with Gasteiger partial charge in [-0.15, -0.1) is 0 Å². The van der Waals surface area contributed by atoms with Crippen molar-refractivity contribution < 1.29 is 4.74 Å². The maximum absolute atomic E-state index is 5.24. The molecule has 0 saturated carbocycles. The van der Waals surface area contributed by atoms with Gasteiger partial charge in [0.1, 0.15) is 5.75 Å². The Labute approximate surface area is 131 Å². The van der Waals surface area contributed by atoms with Crippen LogP contribution >= 0.6 is 11.8 Å². The first-order chi connectivity index (χ1) is 10.3. The van der Waals surface area contributed by atoms with Crippen molar-refractivity contribution in [2.45, 2.75) is 31.6 Å². The van der Waals surface area contributed by atoms with Crippen molar-refractivity contribution in [2.75, 3.05) is 26.0 Å². The van der Waals surface area contributed by atoms with Crippen molar-refractivity contribution in [3.63, 3.8) is 0 Å². The second-order valence-electron chi connectivity index (χ2n) is 5.06. The smallest absolute Gasteiger partial charge is 0.191 e. The van der Waals surface area contributed by atoms with Gasteiger partial charge in [0.25, 0.3) is 0 Å². The highest BCUT2D eigenvalue weighted by atomic mass is 32.2. The van der Waals surface area contributed by atoms with Crippen molar-refractivity contribution in [1.29, 1.82) is 0 Å². The SMILES string of the molecule is CCNC(=NCc1cccc(OC)c1)NCC1CCCS1. The third-order valence-corrected chi connectivity index (χ3v) is 4.82. The van der Waals surface area contributed by atoms with Crippen LogP contribution in [0.5, 0.6) is 5.75 Å². The van der Waals surface area contributed by atoms with Crippen LogP contribution in [0, 0.1) is 0 Å². The van der Waals surface area contributed by atoms with Crippen LogP contribution in [0.3, 0.4) is 0 Å². The van der Waals surface area contributed by atoms with Crippen molar-refractivity contribution in [2.24, 2.45) is 4.99 Å². The van der Waals surface area contributed by atoms with Gasteiger partial charge in [-0.05, 0) is 43.2 Å². The Morgan fingerprint density at radius 3 is 3.05 bits per heavy atom. The molecule has 1 unspecified atom stereocenters. The second kappa shape index (κ2) is 8.82. The number of nitrogens with one attached hydrogen (secondary N) is 2. The lowest BCUT2D eigenvalue weighted by molar-refractivity contribution is 0.414. The van der Waals surface area contributed by atoms with Crippen LogP contribution in [0.1, 0.15) is 25.3 Å². The molecule has 1 atom stereocenters. The van der Waals surface area contributed by atoms with Crippen molar-refractivity contribution in [1.82, 2.24) is 10.6 Å². The summed E-state index contributed by atoms with van der Waals surface area (Å²) in [4.78, 5) is 4.65. The Morgan fingerprint density at radius 1 is 1.43 bits per heavy atom. The maximum atomic E-state index is 5.24. The molecule has 4 nitrogen and oxygen atoms in total. The van der Waals surface area contributed by atoms with Crippen LogP contribution in [-0.4, -0.2) is 37.2 Å². The molecule has 2 N–H and O–H groups in total. The van der Waals surface area contributed by atoms with Gasteiger partial charge in [0, 0.05) is 18.3 Å². The van der Waals surface area contributed by atoms with Crippen LogP contribution in [0.25, 0.3) is 0 Å². The highest BCUT2D eigenvalue weighted by Gasteiger charge is 2.15. The monoisotopic (exact) mass is 307 g/mol. The first-order valence-corrected chi connectivity index (χ1v) is 8.63. The lowest BCUT2D eigenvalue weighted by Crippen LogP contribution is -2.40. The number of nitrogens with zero attached hydrogens (tertiary/aromatic N) is 1. The van der Waals surface area contributed by atoms with Crippen LogP contribution < -0.4 is 15.4 Å². The molecule has 5 heteroatoms. The first-order valence-electron chi connectivity index (χ1n) is 7.58. The molecule has 1 fully saturated rings. The van der Waals surface area contributed by atoms with E-state index in [1.807, 2.05) is 18.2 Å². The Bertz CT molecular complexity index is 459. The zero-order valence-electron chi connectivity index (χ0n) is 12.9. The first kappa shape index (κ1) is 16.0. The quantitative estimate of drug-likeness (QED) is 0.626. The van der Waals surface area contributed by atoms with Gasteiger partial charge in [-0.2, -0.15) is 11.8 Å². The predicted molar refractivity (Wildman–Crippen MR) is 91.3 cm³/mol. The summed E-state index contributed by atoms with van der Waals surface area (Å²) in [7, 11) is 1.69. The summed E-state index contributed by atoms with van der Waals surface area (Å²) in [5.74, 6) is 3.07. The van der Waals surface area contributed by atoms with Crippen LogP contribution in [0.4, 0.5) is 0 Å². The van der Waals surface area contributed by atoms with Crippen molar-refractivity contribution in [3.05, 3.63) is 29.8 Å². The summed E-state index contributed by atoms with van der Waals surface area (Å²) in [6.45, 7) is 4.62. The molecular formula is C16H25N3OS. The molecule has 1 aromatic rings. The van der Waals surface area contributed by atoms with Gasteiger partial charge in [-0.3, -0.25) is 0 Å². The van der Waals surface area contributed by atoms with E-state index in [4.69, 9.17) is 4.74 Å². The Balaban J connectivity index is 1.89. The van der Waals surface area contributed by atoms with Gasteiger partial charge in [-0.25, -0.2) is 4.99 Å². The number of hydrogen-bond donors (Lipinski definition) is 2. The van der Waals surface area contributed by atoms with Crippen LogP contribution in [0.2, 0.25) is 0 Å². The highest BCUT2D eigenvalue weighted by molar-refractivity contribution is 8.00. The Morgan fingerprint density at radius 2 is 2.33 bits per heavy atom. The molecule has 1 saturated heterocycles. The molecule has 1 aliphatic heterocycles. The minimum absolute atomic E-state index is 0.657. The number of aliphatic imine (C=N–C) groups is 1. The average Bonchev–Trinajstić information content (AvgIpc) is 3.03. The molecule has 0 radical (unpaired) electrons. The van der Waals surface area contributed by atoms with Gasteiger partial charge < -0.3 is 15.4 Å². The molecule has 21 heavy (non-hydrogen) atoms. The number of thioether (sulfide) groups is 1. The van der Waals surface area contributed by atoms with E-state index in [1.165, 1.54) is 18.6 Å². The molecule has 2 rings (SSSR count). The number of hydrogen-bond acceptors (Lipinski definition) is 3. The molecular weight excluding hydrogens is 282 g/mol.